The summed E-state index contributed by atoms with van der Waals surface area (Å²) in [5, 5.41) is 11.3. The van der Waals surface area contributed by atoms with Crippen molar-refractivity contribution in [1.29, 1.82) is 0 Å². The maximum atomic E-state index is 3.96. The Labute approximate surface area is 235 Å². The summed E-state index contributed by atoms with van der Waals surface area (Å²) in [6.07, 6.45) is 0. The van der Waals surface area contributed by atoms with Gasteiger partial charge in [0.2, 0.25) is 0 Å². The fraction of sp³-hybridized carbons (Fsp3) is 0.333. The van der Waals surface area contributed by atoms with Crippen molar-refractivity contribution in [2.75, 3.05) is 0 Å². The molecule has 8 heteroatoms. The van der Waals surface area contributed by atoms with E-state index in [0.717, 1.165) is 0 Å². The Hall–Kier alpha value is -0.329. The maximum absolute atomic E-state index is 3.96. The first kappa shape index (κ1) is 25.0. The normalized spacial score (nSPS) is 14.0. The SMILES string of the molecule is C[Si](C)(C)c1cc2c3cc([Si](C)(C)C)sc3c3c4scc(Br)c4c4cc([Si](C)(C)C)sc4c3c2s1. The largest absolute Gasteiger partial charge is 0.144 e. The molecule has 0 amide bonds. The van der Waals surface area contributed by atoms with Gasteiger partial charge in [-0.15, -0.1) is 45.3 Å². The third-order valence-electron chi connectivity index (χ3n) is 6.88. The molecule has 4 aromatic heterocycles. The van der Waals surface area contributed by atoms with E-state index in [-0.39, 0.29) is 0 Å². The quantitative estimate of drug-likeness (QED) is 0.168. The second-order valence-corrected chi connectivity index (χ2v) is 33.9. The molecule has 0 aliphatic carbocycles. The molecule has 0 nitrogen and oxygen atoms in total. The lowest BCUT2D eigenvalue weighted by Gasteiger charge is -2.12. The molecule has 0 bridgehead atoms. The van der Waals surface area contributed by atoms with E-state index in [4.69, 9.17) is 0 Å². The summed E-state index contributed by atoms with van der Waals surface area (Å²) in [7, 11) is -4.28. The molecular weight excluding hydrogens is 617 g/mol. The van der Waals surface area contributed by atoms with Crippen molar-refractivity contribution < 1.29 is 0 Å². The smallest absolute Gasteiger partial charge is 0.0904 e. The lowest BCUT2D eigenvalue weighted by atomic mass is 10.0. The van der Waals surface area contributed by atoms with E-state index in [1.165, 1.54) is 55.6 Å². The van der Waals surface area contributed by atoms with Crippen LogP contribution >= 0.6 is 61.3 Å². The number of fused-ring (bicyclic) bond motifs is 11. The van der Waals surface area contributed by atoms with Crippen LogP contribution in [-0.4, -0.2) is 24.2 Å². The van der Waals surface area contributed by atoms with E-state index < -0.39 is 24.2 Å². The molecule has 0 N–H and O–H groups in total. The molecule has 0 unspecified atom stereocenters. The molecule has 0 aliphatic rings. The first-order valence-electron chi connectivity index (χ1n) is 12.1. The van der Waals surface area contributed by atoms with Gasteiger partial charge < -0.3 is 0 Å². The molecule has 182 valence electrons. The predicted molar refractivity (Wildman–Crippen MR) is 182 cm³/mol. The summed E-state index contributed by atoms with van der Waals surface area (Å²) < 4.78 is 12.2. The second kappa shape index (κ2) is 7.85. The fourth-order valence-corrected chi connectivity index (χ4v) is 16.1. The summed E-state index contributed by atoms with van der Waals surface area (Å²) in [4.78, 5) is 0. The minimum atomic E-state index is -1.43. The highest BCUT2D eigenvalue weighted by Crippen LogP contribution is 2.51. The van der Waals surface area contributed by atoms with Gasteiger partial charge in [0.1, 0.15) is 0 Å². The first-order chi connectivity index (χ1) is 16.2. The summed E-state index contributed by atoms with van der Waals surface area (Å²) in [5.41, 5.74) is 0. The van der Waals surface area contributed by atoms with Crippen molar-refractivity contribution in [2.45, 2.75) is 58.9 Å². The van der Waals surface area contributed by atoms with Crippen LogP contribution in [0, 0.1) is 0 Å². The Morgan fingerprint density at radius 3 is 1.31 bits per heavy atom. The molecule has 0 atom stereocenters. The molecule has 0 radical (unpaired) electrons. The molecule has 0 fully saturated rings. The van der Waals surface area contributed by atoms with Crippen LogP contribution < -0.4 is 13.5 Å². The minimum Gasteiger partial charge on any atom is -0.144 e. The Kier molecular flexibility index (Phi) is 5.60. The second-order valence-electron chi connectivity index (χ2n) is 12.8. The molecule has 2 aromatic carbocycles. The van der Waals surface area contributed by atoms with E-state index in [1.54, 1.807) is 13.5 Å². The number of benzene rings is 2. The number of halogens is 1. The molecule has 0 saturated heterocycles. The zero-order valence-electron chi connectivity index (χ0n) is 21.8. The molecule has 0 saturated carbocycles. The summed E-state index contributed by atoms with van der Waals surface area (Å²) >= 11 is 12.2. The van der Waals surface area contributed by atoms with Crippen LogP contribution in [0.25, 0.3) is 51.1 Å². The Morgan fingerprint density at radius 2 is 0.886 bits per heavy atom. The van der Waals surface area contributed by atoms with E-state index in [0.29, 0.717) is 0 Å². The lowest BCUT2D eigenvalue weighted by molar-refractivity contribution is 1.79. The van der Waals surface area contributed by atoms with Gasteiger partial charge in [-0.2, -0.15) is 0 Å². The van der Waals surface area contributed by atoms with Gasteiger partial charge in [0.25, 0.3) is 0 Å². The van der Waals surface area contributed by atoms with E-state index >= 15 is 0 Å². The first-order valence-corrected chi connectivity index (χ1v) is 26.7. The van der Waals surface area contributed by atoms with Gasteiger partial charge in [0.05, 0.1) is 24.2 Å². The monoisotopic (exact) mass is 646 g/mol. The van der Waals surface area contributed by atoms with Gasteiger partial charge in [-0.25, -0.2) is 0 Å². The summed E-state index contributed by atoms with van der Waals surface area (Å²) in [6.45, 7) is 22.4. The number of hydrogen-bond donors (Lipinski definition) is 0. The molecule has 35 heavy (non-hydrogen) atoms. The topological polar surface area (TPSA) is 0 Å². The highest BCUT2D eigenvalue weighted by atomic mass is 79.9. The van der Waals surface area contributed by atoms with Crippen molar-refractivity contribution in [3.05, 3.63) is 28.1 Å². The number of rotatable bonds is 3. The van der Waals surface area contributed by atoms with Crippen molar-refractivity contribution in [3.63, 3.8) is 0 Å². The number of thiophene rings is 4. The van der Waals surface area contributed by atoms with Crippen molar-refractivity contribution >= 4 is 150 Å². The maximum Gasteiger partial charge on any atom is 0.0904 e. The van der Waals surface area contributed by atoms with Gasteiger partial charge in [-0.1, -0.05) is 58.9 Å². The summed E-state index contributed by atoms with van der Waals surface area (Å²) in [6, 6.07) is 7.72. The molecule has 4 heterocycles. The predicted octanol–water partition coefficient (Wildman–Crippen LogP) is 10.1. The average Bonchev–Trinajstić information content (AvgIpc) is 3.48. The van der Waals surface area contributed by atoms with E-state index in [1.807, 2.05) is 11.3 Å². The van der Waals surface area contributed by atoms with E-state index in [2.05, 4.69) is 132 Å². The van der Waals surface area contributed by atoms with Crippen LogP contribution in [0.1, 0.15) is 0 Å². The Balaban J connectivity index is 1.96. The van der Waals surface area contributed by atoms with Crippen LogP contribution in [0.3, 0.4) is 0 Å². The third kappa shape index (κ3) is 3.77. The van der Waals surface area contributed by atoms with Gasteiger partial charge in [-0.05, 0) is 47.6 Å². The van der Waals surface area contributed by atoms with Crippen molar-refractivity contribution in [2.24, 2.45) is 0 Å². The Morgan fingerprint density at radius 1 is 0.514 bits per heavy atom. The van der Waals surface area contributed by atoms with Gasteiger partial charge in [-0.3, -0.25) is 0 Å². The molecule has 0 spiro atoms. The third-order valence-corrected chi connectivity index (χ3v) is 23.0. The fourth-order valence-electron chi connectivity index (χ4n) is 4.86. The minimum absolute atomic E-state index is 1.26. The number of hydrogen-bond acceptors (Lipinski definition) is 4. The molecule has 6 aromatic rings. The average molecular weight is 648 g/mol. The highest BCUT2D eigenvalue weighted by molar-refractivity contribution is 9.10. The molecule has 6 rings (SSSR count). The van der Waals surface area contributed by atoms with Crippen molar-refractivity contribution in [3.8, 4) is 0 Å². The van der Waals surface area contributed by atoms with Crippen LogP contribution in [0.4, 0.5) is 0 Å². The van der Waals surface area contributed by atoms with Crippen LogP contribution in [-0.2, 0) is 0 Å². The zero-order valence-corrected chi connectivity index (χ0v) is 29.7. The lowest BCUT2D eigenvalue weighted by Crippen LogP contribution is -2.34. The molecular formula is C27H31BrS4Si3. The van der Waals surface area contributed by atoms with E-state index in [9.17, 15) is 0 Å². The van der Waals surface area contributed by atoms with Gasteiger partial charge in [0, 0.05) is 61.0 Å². The van der Waals surface area contributed by atoms with Crippen LogP contribution in [0.2, 0.25) is 58.9 Å². The molecule has 0 aliphatic heterocycles. The van der Waals surface area contributed by atoms with Gasteiger partial charge >= 0.3 is 0 Å². The van der Waals surface area contributed by atoms with Crippen LogP contribution in [0.15, 0.2) is 28.1 Å². The highest BCUT2D eigenvalue weighted by Gasteiger charge is 2.29. The standard InChI is InChI=1S/C27H31BrS4Si3/c1-33(2,3)18-10-14-15-11-19(34(4,5)6)31-25(15)23-22(24(14)30-18)26-16(12-20(32-26)35(7,8)9)21-17(28)13-29-27(21)23/h10-13H,1-9H3. The zero-order chi connectivity index (χ0) is 25.2. The van der Waals surface area contributed by atoms with Crippen molar-refractivity contribution in [1.82, 2.24) is 0 Å². The van der Waals surface area contributed by atoms with Crippen LogP contribution in [0.5, 0.6) is 0 Å². The summed E-state index contributed by atoms with van der Waals surface area (Å²) in [5.74, 6) is 0. The Bertz CT molecular complexity index is 1810. The van der Waals surface area contributed by atoms with Gasteiger partial charge in [0.15, 0.2) is 0 Å².